The standard InChI is InChI=1S/C19H18N2O3/c1-24-18-10-9-12(11-17(18)21(22)23)19-15-7-4-6-13(15)14-5-2-3-8-16(14)20-19/h2-6,8-11,13,15,19-20H,7H2,1H3/t13-,15-,19+/m1/s1. The maximum atomic E-state index is 11.3. The number of fused-ring (bicyclic) bond motifs is 3. The Morgan fingerprint density at radius 3 is 2.88 bits per heavy atom. The van der Waals surface area contributed by atoms with Crippen LogP contribution >= 0.6 is 0 Å². The van der Waals surface area contributed by atoms with Crippen LogP contribution in [0.4, 0.5) is 11.4 Å². The Bertz CT molecular complexity index is 831. The molecular weight excluding hydrogens is 304 g/mol. The number of nitrogens with zero attached hydrogens (tertiary/aromatic N) is 1. The van der Waals surface area contributed by atoms with Crippen LogP contribution in [0.2, 0.25) is 0 Å². The van der Waals surface area contributed by atoms with Gasteiger partial charge in [-0.15, -0.1) is 0 Å². The van der Waals surface area contributed by atoms with Gasteiger partial charge < -0.3 is 10.1 Å². The van der Waals surface area contributed by atoms with Crippen LogP contribution in [-0.2, 0) is 0 Å². The summed E-state index contributed by atoms with van der Waals surface area (Å²) in [6.07, 6.45) is 5.44. The van der Waals surface area contributed by atoms with Gasteiger partial charge in [0.1, 0.15) is 0 Å². The van der Waals surface area contributed by atoms with Crippen LogP contribution in [0.5, 0.6) is 5.75 Å². The van der Waals surface area contributed by atoms with Gasteiger partial charge in [0.15, 0.2) is 5.75 Å². The van der Waals surface area contributed by atoms with Crippen LogP contribution in [-0.4, -0.2) is 12.0 Å². The van der Waals surface area contributed by atoms with Crippen molar-refractivity contribution in [1.29, 1.82) is 0 Å². The van der Waals surface area contributed by atoms with Crippen molar-refractivity contribution >= 4 is 11.4 Å². The Balaban J connectivity index is 1.78. The molecule has 2 aliphatic rings. The van der Waals surface area contributed by atoms with E-state index in [1.165, 1.54) is 12.7 Å². The predicted molar refractivity (Wildman–Crippen MR) is 92.4 cm³/mol. The predicted octanol–water partition coefficient (Wildman–Crippen LogP) is 4.43. The van der Waals surface area contributed by atoms with Gasteiger partial charge in [-0.2, -0.15) is 0 Å². The van der Waals surface area contributed by atoms with Crippen molar-refractivity contribution in [3.05, 3.63) is 75.9 Å². The lowest BCUT2D eigenvalue weighted by Gasteiger charge is -2.37. The summed E-state index contributed by atoms with van der Waals surface area (Å²) in [6, 6.07) is 13.6. The van der Waals surface area contributed by atoms with E-state index < -0.39 is 0 Å². The fraction of sp³-hybridized carbons (Fsp3) is 0.263. The molecule has 122 valence electrons. The zero-order chi connectivity index (χ0) is 16.7. The Labute approximate surface area is 140 Å². The Kier molecular flexibility index (Phi) is 3.49. The lowest BCUT2D eigenvalue weighted by molar-refractivity contribution is -0.385. The Morgan fingerprint density at radius 1 is 1.25 bits per heavy atom. The molecule has 5 nitrogen and oxygen atoms in total. The van der Waals surface area contributed by atoms with Crippen molar-refractivity contribution < 1.29 is 9.66 Å². The number of allylic oxidation sites excluding steroid dienone is 2. The van der Waals surface area contributed by atoms with E-state index in [0.29, 0.717) is 17.6 Å². The van der Waals surface area contributed by atoms with E-state index in [2.05, 4.69) is 35.7 Å². The van der Waals surface area contributed by atoms with Crippen molar-refractivity contribution in [2.24, 2.45) is 5.92 Å². The van der Waals surface area contributed by atoms with Gasteiger partial charge in [-0.25, -0.2) is 0 Å². The lowest BCUT2D eigenvalue weighted by Crippen LogP contribution is -2.29. The van der Waals surface area contributed by atoms with Gasteiger partial charge in [0, 0.05) is 17.7 Å². The number of anilines is 1. The second-order valence-corrected chi connectivity index (χ2v) is 6.25. The second-order valence-electron chi connectivity index (χ2n) is 6.25. The van der Waals surface area contributed by atoms with Crippen molar-refractivity contribution in [2.45, 2.75) is 18.4 Å². The van der Waals surface area contributed by atoms with E-state index in [9.17, 15) is 10.1 Å². The molecule has 0 saturated carbocycles. The van der Waals surface area contributed by atoms with E-state index in [1.54, 1.807) is 12.1 Å². The third-order valence-electron chi connectivity index (χ3n) is 5.03. The highest BCUT2D eigenvalue weighted by molar-refractivity contribution is 5.60. The molecule has 0 unspecified atom stereocenters. The smallest absolute Gasteiger partial charge is 0.311 e. The molecule has 0 aromatic heterocycles. The van der Waals surface area contributed by atoms with Gasteiger partial charge >= 0.3 is 5.69 Å². The molecule has 0 spiro atoms. The number of rotatable bonds is 3. The molecule has 0 bridgehead atoms. The number of hydrogen-bond donors (Lipinski definition) is 1. The van der Waals surface area contributed by atoms with Crippen molar-refractivity contribution in [3.63, 3.8) is 0 Å². The first-order valence-corrected chi connectivity index (χ1v) is 8.03. The zero-order valence-corrected chi connectivity index (χ0v) is 13.3. The topological polar surface area (TPSA) is 64.4 Å². The van der Waals surface area contributed by atoms with Gasteiger partial charge in [0.2, 0.25) is 0 Å². The molecule has 2 aromatic rings. The molecule has 5 heteroatoms. The van der Waals surface area contributed by atoms with Crippen LogP contribution in [0, 0.1) is 16.0 Å². The first-order valence-electron chi connectivity index (χ1n) is 8.03. The van der Waals surface area contributed by atoms with Gasteiger partial charge in [0.05, 0.1) is 18.1 Å². The van der Waals surface area contributed by atoms with E-state index in [-0.39, 0.29) is 16.7 Å². The quantitative estimate of drug-likeness (QED) is 0.516. The molecule has 3 atom stereocenters. The monoisotopic (exact) mass is 322 g/mol. The van der Waals surface area contributed by atoms with Crippen LogP contribution in [0.1, 0.15) is 29.5 Å². The summed E-state index contributed by atoms with van der Waals surface area (Å²) in [6.45, 7) is 0. The number of nitrogens with one attached hydrogen (secondary N) is 1. The minimum atomic E-state index is -0.385. The molecular formula is C19H18N2O3. The maximum absolute atomic E-state index is 11.3. The summed E-state index contributed by atoms with van der Waals surface area (Å²) in [7, 11) is 1.45. The van der Waals surface area contributed by atoms with Crippen LogP contribution < -0.4 is 10.1 Å². The summed E-state index contributed by atoms with van der Waals surface area (Å²) in [5.41, 5.74) is 3.35. The highest BCUT2D eigenvalue weighted by atomic mass is 16.6. The van der Waals surface area contributed by atoms with E-state index in [0.717, 1.165) is 17.7 Å². The molecule has 1 heterocycles. The molecule has 4 rings (SSSR count). The first-order chi connectivity index (χ1) is 11.7. The number of ether oxygens (including phenoxy) is 1. The summed E-state index contributed by atoms with van der Waals surface area (Å²) < 4.78 is 5.12. The average Bonchev–Trinajstić information content (AvgIpc) is 3.10. The molecule has 1 aliphatic heterocycles. The molecule has 24 heavy (non-hydrogen) atoms. The second kappa shape index (κ2) is 5.67. The average molecular weight is 322 g/mol. The highest BCUT2D eigenvalue weighted by Crippen LogP contribution is 2.50. The van der Waals surface area contributed by atoms with Crippen molar-refractivity contribution in [1.82, 2.24) is 0 Å². The van der Waals surface area contributed by atoms with Crippen molar-refractivity contribution in [2.75, 3.05) is 12.4 Å². The summed E-state index contributed by atoms with van der Waals surface area (Å²) in [5, 5.41) is 14.9. The molecule has 1 N–H and O–H groups in total. The Hall–Kier alpha value is -2.82. The number of nitro benzene ring substituents is 1. The van der Waals surface area contributed by atoms with Gasteiger partial charge in [0.25, 0.3) is 0 Å². The summed E-state index contributed by atoms with van der Waals surface area (Å²) in [4.78, 5) is 10.9. The number of benzene rings is 2. The number of methoxy groups -OCH3 is 1. The summed E-state index contributed by atoms with van der Waals surface area (Å²) >= 11 is 0. The highest BCUT2D eigenvalue weighted by Gasteiger charge is 2.38. The van der Waals surface area contributed by atoms with Crippen LogP contribution in [0.3, 0.4) is 0 Å². The Morgan fingerprint density at radius 2 is 2.08 bits per heavy atom. The SMILES string of the molecule is COc1ccc([C@@H]2Nc3ccccc3[C@H]3C=CC[C@H]32)cc1[N+](=O)[O-]. The van der Waals surface area contributed by atoms with Crippen LogP contribution in [0.25, 0.3) is 0 Å². The summed E-state index contributed by atoms with van der Waals surface area (Å²) in [5.74, 6) is 1.02. The minimum Gasteiger partial charge on any atom is -0.490 e. The zero-order valence-electron chi connectivity index (χ0n) is 13.3. The molecule has 0 fully saturated rings. The van der Waals surface area contributed by atoms with E-state index >= 15 is 0 Å². The van der Waals surface area contributed by atoms with E-state index in [4.69, 9.17) is 4.74 Å². The number of nitro groups is 1. The van der Waals surface area contributed by atoms with Crippen LogP contribution in [0.15, 0.2) is 54.6 Å². The maximum Gasteiger partial charge on any atom is 0.311 e. The molecule has 0 saturated heterocycles. The minimum absolute atomic E-state index is 0.0122. The number of para-hydroxylation sites is 1. The third-order valence-corrected chi connectivity index (χ3v) is 5.03. The normalized spacial score (nSPS) is 24.0. The van der Waals surface area contributed by atoms with Gasteiger partial charge in [-0.3, -0.25) is 10.1 Å². The van der Waals surface area contributed by atoms with Crippen molar-refractivity contribution in [3.8, 4) is 5.75 Å². The largest absolute Gasteiger partial charge is 0.490 e. The fourth-order valence-electron chi connectivity index (χ4n) is 3.92. The lowest BCUT2D eigenvalue weighted by atomic mass is 9.77. The first kappa shape index (κ1) is 14.8. The molecule has 2 aromatic carbocycles. The van der Waals surface area contributed by atoms with E-state index in [1.807, 2.05) is 12.1 Å². The fourth-order valence-corrected chi connectivity index (χ4v) is 3.92. The third kappa shape index (κ3) is 2.24. The van der Waals surface area contributed by atoms with Gasteiger partial charge in [-0.1, -0.05) is 36.4 Å². The molecule has 0 amide bonds. The molecule has 1 aliphatic carbocycles. The molecule has 0 radical (unpaired) electrons. The van der Waals surface area contributed by atoms with Gasteiger partial charge in [-0.05, 0) is 35.6 Å². The number of hydrogen-bond acceptors (Lipinski definition) is 4.